The predicted molar refractivity (Wildman–Crippen MR) is 92.3 cm³/mol. The minimum atomic E-state index is -0.626. The molecule has 1 aromatic carbocycles. The molecule has 1 aromatic heterocycles. The Morgan fingerprint density at radius 3 is 2.71 bits per heavy atom. The number of aromatic nitrogens is 2. The molecule has 0 amide bonds. The molecular weight excluding hydrogens is 348 g/mol. The topological polar surface area (TPSA) is 62.7 Å². The zero-order valence-electron chi connectivity index (χ0n) is 13.6. The lowest BCUT2D eigenvalue weighted by Crippen LogP contribution is -2.21. The number of rotatable bonds is 7. The molecule has 3 rings (SSSR count). The molecule has 1 aliphatic rings. The van der Waals surface area contributed by atoms with Crippen LogP contribution in [0.4, 0.5) is 0 Å². The van der Waals surface area contributed by atoms with Crippen molar-refractivity contribution in [2.45, 2.75) is 30.5 Å². The van der Waals surface area contributed by atoms with E-state index in [0.29, 0.717) is 16.1 Å². The molecule has 0 radical (unpaired) electrons. The Kier molecular flexibility index (Phi) is 5.15. The lowest BCUT2D eigenvalue weighted by Gasteiger charge is -2.17. The molecule has 0 fully saturated rings. The molecule has 0 unspecified atom stereocenters. The van der Waals surface area contributed by atoms with Crippen molar-refractivity contribution in [1.29, 1.82) is 0 Å². The van der Waals surface area contributed by atoms with E-state index in [1.807, 2.05) is 38.1 Å². The van der Waals surface area contributed by atoms with Crippen LogP contribution in [0, 0.1) is 0 Å². The highest BCUT2D eigenvalue weighted by Gasteiger charge is 2.27. The third kappa shape index (κ3) is 4.55. The first-order valence-corrected chi connectivity index (χ1v) is 9.08. The molecule has 0 spiro atoms. The van der Waals surface area contributed by atoms with Crippen molar-refractivity contribution in [3.8, 4) is 10.9 Å². The van der Waals surface area contributed by atoms with Gasteiger partial charge in [-0.05, 0) is 17.7 Å². The van der Waals surface area contributed by atoms with Crippen molar-refractivity contribution in [2.75, 3.05) is 13.7 Å². The molecular formula is C16H18N2O4S2. The number of nitrogens with zero attached hydrogens (tertiary/aromatic N) is 2. The largest absolute Gasteiger partial charge is 0.497 e. The van der Waals surface area contributed by atoms with Gasteiger partial charge in [-0.3, -0.25) is 0 Å². The fourth-order valence-corrected chi connectivity index (χ4v) is 3.40. The van der Waals surface area contributed by atoms with Crippen LogP contribution in [0.1, 0.15) is 19.4 Å². The normalized spacial score (nSPS) is 15.4. The van der Waals surface area contributed by atoms with Crippen molar-refractivity contribution in [2.24, 2.45) is 0 Å². The average Bonchev–Trinajstić information content (AvgIpc) is 3.17. The quantitative estimate of drug-likeness (QED) is 0.690. The maximum Gasteiger partial charge on any atom is 0.294 e. The zero-order chi connectivity index (χ0) is 17.0. The second-order valence-corrected chi connectivity index (χ2v) is 7.13. The van der Waals surface area contributed by atoms with Crippen LogP contribution in [-0.4, -0.2) is 28.9 Å². The Hall–Kier alpha value is -1.93. The summed E-state index contributed by atoms with van der Waals surface area (Å²) in [6.07, 6.45) is 1.57. The maximum absolute atomic E-state index is 5.59. The van der Waals surface area contributed by atoms with E-state index in [0.717, 1.165) is 11.5 Å². The van der Waals surface area contributed by atoms with E-state index in [-0.39, 0.29) is 6.61 Å². The second-order valence-electron chi connectivity index (χ2n) is 5.47. The summed E-state index contributed by atoms with van der Waals surface area (Å²) in [7, 11) is 1.66. The Bertz CT molecular complexity index is 713. The average molecular weight is 366 g/mol. The van der Waals surface area contributed by atoms with Crippen LogP contribution in [0.5, 0.6) is 10.9 Å². The van der Waals surface area contributed by atoms with Crippen molar-refractivity contribution >= 4 is 23.3 Å². The van der Waals surface area contributed by atoms with Gasteiger partial charge >= 0.3 is 0 Å². The van der Waals surface area contributed by atoms with Gasteiger partial charge in [0.1, 0.15) is 12.0 Å². The molecule has 2 heterocycles. The van der Waals surface area contributed by atoms with E-state index >= 15 is 0 Å². The molecule has 0 N–H and O–H groups in total. The van der Waals surface area contributed by atoms with Crippen LogP contribution in [0.25, 0.3) is 0 Å². The van der Waals surface area contributed by atoms with Crippen LogP contribution >= 0.6 is 23.3 Å². The van der Waals surface area contributed by atoms with E-state index < -0.39 is 5.79 Å². The summed E-state index contributed by atoms with van der Waals surface area (Å²) in [5, 5.41) is 1.21. The lowest BCUT2D eigenvalue weighted by atomic mass is 10.2. The fraction of sp³-hybridized carbons (Fsp3) is 0.375. The summed E-state index contributed by atoms with van der Waals surface area (Å²) in [5.41, 5.74) is 1.18. The van der Waals surface area contributed by atoms with Gasteiger partial charge in [0.05, 0.1) is 7.11 Å². The summed E-state index contributed by atoms with van der Waals surface area (Å²) in [6, 6.07) is 7.94. The molecule has 0 aliphatic carbocycles. The standard InChI is InChI=1S/C16H18N2O4S2/c1-16(2)21-9-13(22-16)8-20-15-17-14(18-24-15)23-10-11-4-6-12(19-3)7-5-11/h4-7,9H,8,10H2,1-3H3. The minimum Gasteiger partial charge on any atom is -0.497 e. The van der Waals surface area contributed by atoms with Gasteiger partial charge in [-0.1, -0.05) is 23.9 Å². The van der Waals surface area contributed by atoms with Gasteiger partial charge in [0.15, 0.2) is 12.4 Å². The van der Waals surface area contributed by atoms with E-state index in [9.17, 15) is 0 Å². The van der Waals surface area contributed by atoms with Crippen LogP contribution in [-0.2, 0) is 15.2 Å². The molecule has 8 heteroatoms. The Morgan fingerprint density at radius 2 is 2.04 bits per heavy atom. The minimum absolute atomic E-state index is 0.279. The van der Waals surface area contributed by atoms with Gasteiger partial charge in [-0.15, -0.1) is 0 Å². The summed E-state index contributed by atoms with van der Waals surface area (Å²) in [4.78, 5) is 4.36. The van der Waals surface area contributed by atoms with Crippen molar-refractivity contribution in [1.82, 2.24) is 9.36 Å². The first kappa shape index (κ1) is 16.9. The first-order chi connectivity index (χ1) is 11.5. The maximum atomic E-state index is 5.59. The summed E-state index contributed by atoms with van der Waals surface area (Å²) < 4.78 is 25.9. The van der Waals surface area contributed by atoms with Gasteiger partial charge in [0.25, 0.3) is 5.19 Å². The van der Waals surface area contributed by atoms with Crippen molar-refractivity contribution in [3.63, 3.8) is 0 Å². The number of thioether (sulfide) groups is 1. The summed E-state index contributed by atoms with van der Waals surface area (Å²) in [6.45, 7) is 3.96. The van der Waals surface area contributed by atoms with Gasteiger partial charge in [0.2, 0.25) is 10.9 Å². The number of ether oxygens (including phenoxy) is 4. The van der Waals surface area contributed by atoms with E-state index in [4.69, 9.17) is 18.9 Å². The Morgan fingerprint density at radius 1 is 1.25 bits per heavy atom. The molecule has 128 valence electrons. The highest BCUT2D eigenvalue weighted by molar-refractivity contribution is 7.98. The van der Waals surface area contributed by atoms with E-state index in [1.165, 1.54) is 17.1 Å². The molecule has 6 nitrogen and oxygen atoms in total. The molecule has 0 bridgehead atoms. The molecule has 0 atom stereocenters. The second kappa shape index (κ2) is 7.31. The highest BCUT2D eigenvalue weighted by atomic mass is 32.2. The Balaban J connectivity index is 1.47. The monoisotopic (exact) mass is 366 g/mol. The number of hydrogen-bond acceptors (Lipinski definition) is 8. The molecule has 2 aromatic rings. The summed E-state index contributed by atoms with van der Waals surface area (Å²) in [5.74, 6) is 1.65. The molecule has 0 saturated heterocycles. The third-order valence-corrected chi connectivity index (χ3v) is 4.77. The highest BCUT2D eigenvalue weighted by Crippen LogP contribution is 2.28. The lowest BCUT2D eigenvalue weighted by molar-refractivity contribution is -0.119. The van der Waals surface area contributed by atoms with E-state index in [1.54, 1.807) is 25.1 Å². The van der Waals surface area contributed by atoms with Crippen LogP contribution in [0.15, 0.2) is 41.4 Å². The number of benzene rings is 1. The number of hydrogen-bond donors (Lipinski definition) is 0. The SMILES string of the molecule is COc1ccc(CSc2nsc(OCC3=COC(C)(C)O3)n2)cc1. The molecule has 24 heavy (non-hydrogen) atoms. The smallest absolute Gasteiger partial charge is 0.294 e. The third-order valence-electron chi connectivity index (χ3n) is 3.10. The molecule has 0 saturated carbocycles. The molecule has 1 aliphatic heterocycles. The van der Waals surface area contributed by atoms with Gasteiger partial charge in [-0.25, -0.2) is 0 Å². The van der Waals surface area contributed by atoms with Gasteiger partial charge < -0.3 is 18.9 Å². The van der Waals surface area contributed by atoms with Crippen LogP contribution < -0.4 is 9.47 Å². The zero-order valence-corrected chi connectivity index (χ0v) is 15.3. The summed E-state index contributed by atoms with van der Waals surface area (Å²) >= 11 is 2.79. The van der Waals surface area contributed by atoms with E-state index in [2.05, 4.69) is 9.36 Å². The number of methoxy groups -OCH3 is 1. The first-order valence-electron chi connectivity index (χ1n) is 7.32. The van der Waals surface area contributed by atoms with Gasteiger partial charge in [0, 0.05) is 31.1 Å². The van der Waals surface area contributed by atoms with Crippen molar-refractivity contribution in [3.05, 3.63) is 41.9 Å². The van der Waals surface area contributed by atoms with Gasteiger partial charge in [-0.2, -0.15) is 9.36 Å². The van der Waals surface area contributed by atoms with Crippen LogP contribution in [0.2, 0.25) is 0 Å². The van der Waals surface area contributed by atoms with Crippen LogP contribution in [0.3, 0.4) is 0 Å². The predicted octanol–water partition coefficient (Wildman–Crippen LogP) is 3.84. The van der Waals surface area contributed by atoms with Crippen molar-refractivity contribution < 1.29 is 18.9 Å². The Labute approximate surface area is 149 Å². The fourth-order valence-electron chi connectivity index (χ4n) is 1.95.